The third kappa shape index (κ3) is 1.94. The average Bonchev–Trinajstić information content (AvgIpc) is 2.50. The van der Waals surface area contributed by atoms with Crippen molar-refractivity contribution in [2.75, 3.05) is 7.11 Å². The van der Waals surface area contributed by atoms with Crippen LogP contribution in [0.4, 0.5) is 0 Å². The van der Waals surface area contributed by atoms with E-state index in [4.69, 9.17) is 4.74 Å². The van der Waals surface area contributed by atoms with E-state index in [1.165, 1.54) is 32.7 Å². The molecule has 0 unspecified atom stereocenters. The smallest absolute Gasteiger partial charge is 0.130 e. The zero-order chi connectivity index (χ0) is 14.1. The largest absolute Gasteiger partial charge is 0.496 e. The summed E-state index contributed by atoms with van der Waals surface area (Å²) in [4.78, 5) is 0. The summed E-state index contributed by atoms with van der Waals surface area (Å²) in [5.41, 5.74) is 2.74. The van der Waals surface area contributed by atoms with Crippen LogP contribution in [0.1, 0.15) is 25.0 Å². The van der Waals surface area contributed by atoms with Gasteiger partial charge in [0.05, 0.1) is 7.11 Å². The highest BCUT2D eigenvalue weighted by Crippen LogP contribution is 2.35. The molecule has 0 aromatic heterocycles. The van der Waals surface area contributed by atoms with Crippen molar-refractivity contribution in [2.24, 2.45) is 0 Å². The summed E-state index contributed by atoms with van der Waals surface area (Å²) in [6, 6.07) is 15.3. The van der Waals surface area contributed by atoms with E-state index in [9.17, 15) is 0 Å². The van der Waals surface area contributed by atoms with E-state index in [1.54, 1.807) is 7.11 Å². The van der Waals surface area contributed by atoms with Crippen molar-refractivity contribution < 1.29 is 4.74 Å². The molecule has 0 amide bonds. The minimum Gasteiger partial charge on any atom is -0.496 e. The van der Waals surface area contributed by atoms with Crippen LogP contribution in [0.25, 0.3) is 21.5 Å². The van der Waals surface area contributed by atoms with Crippen LogP contribution in [-0.4, -0.2) is 7.11 Å². The van der Waals surface area contributed by atoms with E-state index in [-0.39, 0.29) is 0 Å². The summed E-state index contributed by atoms with van der Waals surface area (Å²) in [5, 5.41) is 5.05. The standard InChI is InChI=1S/C19H20O/c1-4-13-10-16-11-14-8-6-7-9-15(14)12-18(16)19(20-3)17(13)5-2/h6-12H,4-5H2,1-3H3. The molecule has 102 valence electrons. The maximum absolute atomic E-state index is 5.74. The number of ether oxygens (including phenoxy) is 1. The first-order valence-electron chi connectivity index (χ1n) is 7.29. The molecule has 1 heteroatoms. The number of rotatable bonds is 3. The molecule has 0 aliphatic rings. The third-order valence-electron chi connectivity index (χ3n) is 4.09. The number of methoxy groups -OCH3 is 1. The molecule has 0 radical (unpaired) electrons. The van der Waals surface area contributed by atoms with Gasteiger partial charge < -0.3 is 4.74 Å². The molecular weight excluding hydrogens is 244 g/mol. The molecule has 0 N–H and O–H groups in total. The summed E-state index contributed by atoms with van der Waals surface area (Å²) in [6.07, 6.45) is 2.05. The maximum atomic E-state index is 5.74. The van der Waals surface area contributed by atoms with Crippen LogP contribution < -0.4 is 4.74 Å². The van der Waals surface area contributed by atoms with Gasteiger partial charge in [-0.1, -0.05) is 44.2 Å². The molecule has 3 aromatic carbocycles. The van der Waals surface area contributed by atoms with Crippen LogP contribution in [-0.2, 0) is 12.8 Å². The zero-order valence-corrected chi connectivity index (χ0v) is 12.4. The molecule has 0 bridgehead atoms. The number of hydrogen-bond acceptors (Lipinski definition) is 1. The van der Waals surface area contributed by atoms with E-state index < -0.39 is 0 Å². The average molecular weight is 264 g/mol. The number of hydrogen-bond donors (Lipinski definition) is 0. The topological polar surface area (TPSA) is 9.23 Å². The molecule has 0 heterocycles. The molecule has 0 atom stereocenters. The summed E-state index contributed by atoms with van der Waals surface area (Å²) in [6.45, 7) is 4.41. The molecule has 3 aromatic rings. The van der Waals surface area contributed by atoms with Gasteiger partial charge in [0, 0.05) is 5.39 Å². The van der Waals surface area contributed by atoms with Crippen LogP contribution in [0.3, 0.4) is 0 Å². The first kappa shape index (κ1) is 13.0. The minimum absolute atomic E-state index is 1.01. The first-order valence-corrected chi connectivity index (χ1v) is 7.29. The van der Waals surface area contributed by atoms with Crippen molar-refractivity contribution in [2.45, 2.75) is 26.7 Å². The quantitative estimate of drug-likeness (QED) is 0.596. The SMILES string of the molecule is CCc1cc2cc3ccccc3cc2c(OC)c1CC. The highest BCUT2D eigenvalue weighted by molar-refractivity contribution is 6.01. The van der Waals surface area contributed by atoms with Gasteiger partial charge in [-0.3, -0.25) is 0 Å². The van der Waals surface area contributed by atoms with Gasteiger partial charge in [-0.2, -0.15) is 0 Å². The van der Waals surface area contributed by atoms with Gasteiger partial charge in [-0.15, -0.1) is 0 Å². The molecule has 0 saturated heterocycles. The summed E-state index contributed by atoms with van der Waals surface area (Å²) >= 11 is 0. The van der Waals surface area contributed by atoms with Gasteiger partial charge in [0.25, 0.3) is 0 Å². The molecule has 0 aliphatic carbocycles. The maximum Gasteiger partial charge on any atom is 0.130 e. The van der Waals surface area contributed by atoms with Crippen molar-refractivity contribution in [1.82, 2.24) is 0 Å². The van der Waals surface area contributed by atoms with Gasteiger partial charge in [-0.25, -0.2) is 0 Å². The second-order valence-corrected chi connectivity index (χ2v) is 5.18. The fourth-order valence-corrected chi connectivity index (χ4v) is 3.09. The minimum atomic E-state index is 1.01. The van der Waals surface area contributed by atoms with Crippen LogP contribution in [0.15, 0.2) is 42.5 Å². The van der Waals surface area contributed by atoms with E-state index in [0.717, 1.165) is 18.6 Å². The molecule has 0 fully saturated rings. The predicted molar refractivity (Wildman–Crippen MR) is 86.8 cm³/mol. The third-order valence-corrected chi connectivity index (χ3v) is 4.09. The Labute approximate surface area is 120 Å². The summed E-state index contributed by atoms with van der Waals surface area (Å²) < 4.78 is 5.74. The fraction of sp³-hybridized carbons (Fsp3) is 0.263. The van der Waals surface area contributed by atoms with E-state index in [0.29, 0.717) is 0 Å². The second kappa shape index (κ2) is 5.16. The second-order valence-electron chi connectivity index (χ2n) is 5.18. The Hall–Kier alpha value is -2.02. The van der Waals surface area contributed by atoms with Crippen molar-refractivity contribution in [3.05, 3.63) is 53.6 Å². The lowest BCUT2D eigenvalue weighted by atomic mass is 9.94. The Kier molecular flexibility index (Phi) is 3.35. The molecule has 0 spiro atoms. The van der Waals surface area contributed by atoms with Crippen molar-refractivity contribution in [1.29, 1.82) is 0 Å². The molecule has 0 aliphatic heterocycles. The Morgan fingerprint density at radius 3 is 2.15 bits per heavy atom. The van der Waals surface area contributed by atoms with Crippen LogP contribution in [0.5, 0.6) is 5.75 Å². The zero-order valence-electron chi connectivity index (χ0n) is 12.4. The van der Waals surface area contributed by atoms with Gasteiger partial charge in [-0.05, 0) is 52.3 Å². The molecule has 0 saturated carbocycles. The highest BCUT2D eigenvalue weighted by Gasteiger charge is 2.12. The van der Waals surface area contributed by atoms with Crippen molar-refractivity contribution >= 4 is 21.5 Å². The van der Waals surface area contributed by atoms with Gasteiger partial charge in [0.15, 0.2) is 0 Å². The Morgan fingerprint density at radius 1 is 0.850 bits per heavy atom. The highest BCUT2D eigenvalue weighted by atomic mass is 16.5. The lowest BCUT2D eigenvalue weighted by molar-refractivity contribution is 0.414. The normalized spacial score (nSPS) is 11.2. The van der Waals surface area contributed by atoms with Crippen molar-refractivity contribution in [3.63, 3.8) is 0 Å². The molecular formula is C19H20O. The van der Waals surface area contributed by atoms with Crippen LogP contribution >= 0.6 is 0 Å². The lowest BCUT2D eigenvalue weighted by Gasteiger charge is -2.16. The van der Waals surface area contributed by atoms with Crippen LogP contribution in [0.2, 0.25) is 0 Å². The summed E-state index contributed by atoms with van der Waals surface area (Å²) in [5.74, 6) is 1.05. The van der Waals surface area contributed by atoms with E-state index in [1.807, 2.05) is 0 Å². The molecule has 20 heavy (non-hydrogen) atoms. The monoisotopic (exact) mass is 264 g/mol. The Balaban J connectivity index is 2.44. The molecule has 1 nitrogen and oxygen atoms in total. The van der Waals surface area contributed by atoms with E-state index >= 15 is 0 Å². The number of benzene rings is 3. The fourth-order valence-electron chi connectivity index (χ4n) is 3.09. The number of fused-ring (bicyclic) bond motifs is 2. The van der Waals surface area contributed by atoms with Crippen LogP contribution in [0, 0.1) is 0 Å². The Morgan fingerprint density at radius 2 is 1.55 bits per heavy atom. The summed E-state index contributed by atoms with van der Waals surface area (Å²) in [7, 11) is 1.78. The van der Waals surface area contributed by atoms with Gasteiger partial charge >= 0.3 is 0 Å². The Bertz CT molecular complexity index is 771. The first-order chi connectivity index (χ1) is 9.78. The molecule has 3 rings (SSSR count). The van der Waals surface area contributed by atoms with Gasteiger partial charge in [0.2, 0.25) is 0 Å². The van der Waals surface area contributed by atoms with Crippen molar-refractivity contribution in [3.8, 4) is 5.75 Å². The predicted octanol–water partition coefficient (Wildman–Crippen LogP) is 5.13. The lowest BCUT2D eigenvalue weighted by Crippen LogP contribution is -1.98. The van der Waals surface area contributed by atoms with E-state index in [2.05, 4.69) is 56.3 Å². The number of aryl methyl sites for hydroxylation is 1. The van der Waals surface area contributed by atoms with Gasteiger partial charge in [0.1, 0.15) is 5.75 Å².